The van der Waals surface area contributed by atoms with Gasteiger partial charge < -0.3 is 10.2 Å². The summed E-state index contributed by atoms with van der Waals surface area (Å²) in [5.41, 5.74) is 3.06. The highest BCUT2D eigenvalue weighted by atomic mass is 16.6. The van der Waals surface area contributed by atoms with E-state index in [1.807, 2.05) is 19.1 Å². The van der Waals surface area contributed by atoms with Crippen LogP contribution in [0.15, 0.2) is 42.5 Å². The molecule has 0 radical (unpaired) electrons. The topological polar surface area (TPSA) is 92.6 Å². The summed E-state index contributed by atoms with van der Waals surface area (Å²) in [6.45, 7) is 3.44. The smallest absolute Gasteiger partial charge is 0.271 e. The highest BCUT2D eigenvalue weighted by Crippen LogP contribution is 2.27. The zero-order valence-corrected chi connectivity index (χ0v) is 15.8. The molecule has 0 unspecified atom stereocenters. The Morgan fingerprint density at radius 2 is 1.89 bits per heavy atom. The predicted molar refractivity (Wildman–Crippen MR) is 108 cm³/mol. The molecule has 1 N–H and O–H groups in total. The standard InChI is InChI=1S/C21H23N3O4/c1-2-16-5-8-19(24(27)28)13-20(16)22-21(26)17-9-11-23(12-10-17)18-6-3-15(14-25)4-7-18/h3-8,13-14,17H,2,9-12H2,1H3,(H,22,26). The highest BCUT2D eigenvalue weighted by Gasteiger charge is 2.26. The summed E-state index contributed by atoms with van der Waals surface area (Å²) in [4.78, 5) is 36.2. The van der Waals surface area contributed by atoms with Gasteiger partial charge in [0.05, 0.1) is 10.6 Å². The van der Waals surface area contributed by atoms with Gasteiger partial charge in [-0.25, -0.2) is 0 Å². The second kappa shape index (κ2) is 8.65. The van der Waals surface area contributed by atoms with E-state index in [1.54, 1.807) is 18.2 Å². The molecule has 28 heavy (non-hydrogen) atoms. The van der Waals surface area contributed by atoms with Crippen molar-refractivity contribution >= 4 is 29.3 Å². The molecule has 0 spiro atoms. The van der Waals surface area contributed by atoms with E-state index < -0.39 is 4.92 Å². The Morgan fingerprint density at radius 1 is 1.21 bits per heavy atom. The Kier molecular flexibility index (Phi) is 6.03. The fourth-order valence-electron chi connectivity index (χ4n) is 3.50. The number of hydrogen-bond acceptors (Lipinski definition) is 5. The Labute approximate surface area is 163 Å². The Hall–Kier alpha value is -3.22. The van der Waals surface area contributed by atoms with Crippen LogP contribution in [0.5, 0.6) is 0 Å². The van der Waals surface area contributed by atoms with E-state index in [0.717, 1.165) is 30.6 Å². The number of benzene rings is 2. The van der Waals surface area contributed by atoms with Crippen LogP contribution in [0, 0.1) is 16.0 Å². The van der Waals surface area contributed by atoms with E-state index in [9.17, 15) is 19.7 Å². The Balaban J connectivity index is 1.63. The van der Waals surface area contributed by atoms with Crippen molar-refractivity contribution in [3.8, 4) is 0 Å². The minimum atomic E-state index is -0.455. The molecule has 1 saturated heterocycles. The average Bonchev–Trinajstić information content (AvgIpc) is 2.73. The molecule has 1 aliphatic rings. The minimum Gasteiger partial charge on any atom is -0.371 e. The van der Waals surface area contributed by atoms with Crippen LogP contribution in [0.25, 0.3) is 0 Å². The van der Waals surface area contributed by atoms with E-state index in [2.05, 4.69) is 10.2 Å². The first kappa shape index (κ1) is 19.5. The summed E-state index contributed by atoms with van der Waals surface area (Å²) in [7, 11) is 0. The zero-order valence-electron chi connectivity index (χ0n) is 15.8. The molecule has 1 amide bonds. The first-order valence-corrected chi connectivity index (χ1v) is 9.40. The van der Waals surface area contributed by atoms with E-state index in [0.29, 0.717) is 30.5 Å². The third-order valence-corrected chi connectivity index (χ3v) is 5.20. The number of aldehydes is 1. The number of aryl methyl sites for hydroxylation is 1. The molecule has 3 rings (SSSR count). The lowest BCUT2D eigenvalue weighted by atomic mass is 9.95. The highest BCUT2D eigenvalue weighted by molar-refractivity contribution is 5.93. The predicted octanol–water partition coefficient (Wildman–Crippen LogP) is 3.82. The summed E-state index contributed by atoms with van der Waals surface area (Å²) in [6.07, 6.45) is 2.91. The van der Waals surface area contributed by atoms with Gasteiger partial charge in [0.2, 0.25) is 5.91 Å². The number of nitro groups is 1. The van der Waals surface area contributed by atoms with Crippen molar-refractivity contribution in [1.82, 2.24) is 0 Å². The summed E-state index contributed by atoms with van der Waals surface area (Å²) in [5.74, 6) is -0.222. The quantitative estimate of drug-likeness (QED) is 0.466. The summed E-state index contributed by atoms with van der Waals surface area (Å²) in [6, 6.07) is 12.0. The second-order valence-corrected chi connectivity index (χ2v) is 6.91. The molecule has 0 atom stereocenters. The molecule has 146 valence electrons. The molecule has 0 aliphatic carbocycles. The summed E-state index contributed by atoms with van der Waals surface area (Å²) in [5, 5.41) is 13.9. The molecular formula is C21H23N3O4. The Bertz CT molecular complexity index is 872. The van der Waals surface area contributed by atoms with Gasteiger partial charge in [0.25, 0.3) is 5.69 Å². The van der Waals surface area contributed by atoms with Crippen molar-refractivity contribution in [3.63, 3.8) is 0 Å². The van der Waals surface area contributed by atoms with Gasteiger partial charge in [-0.05, 0) is 49.1 Å². The lowest BCUT2D eigenvalue weighted by Gasteiger charge is -2.33. The van der Waals surface area contributed by atoms with Gasteiger partial charge in [-0.1, -0.05) is 13.0 Å². The van der Waals surface area contributed by atoms with Crippen LogP contribution in [0.2, 0.25) is 0 Å². The molecule has 7 heteroatoms. The maximum absolute atomic E-state index is 12.7. The van der Waals surface area contributed by atoms with Gasteiger partial charge in [-0.3, -0.25) is 19.7 Å². The molecule has 0 saturated carbocycles. The lowest BCUT2D eigenvalue weighted by Crippen LogP contribution is -2.38. The number of piperidine rings is 1. The monoisotopic (exact) mass is 381 g/mol. The van der Waals surface area contributed by atoms with Crippen molar-refractivity contribution in [2.75, 3.05) is 23.3 Å². The van der Waals surface area contributed by atoms with Crippen molar-refractivity contribution in [2.24, 2.45) is 5.92 Å². The number of amides is 1. The third-order valence-electron chi connectivity index (χ3n) is 5.20. The lowest BCUT2D eigenvalue weighted by molar-refractivity contribution is -0.384. The number of nitrogens with zero attached hydrogens (tertiary/aromatic N) is 2. The molecule has 1 heterocycles. The van der Waals surface area contributed by atoms with Gasteiger partial charge in [-0.15, -0.1) is 0 Å². The molecule has 2 aromatic rings. The number of carbonyl (C=O) groups is 2. The first-order valence-electron chi connectivity index (χ1n) is 9.40. The van der Waals surface area contributed by atoms with Crippen LogP contribution in [0.1, 0.15) is 35.7 Å². The van der Waals surface area contributed by atoms with E-state index >= 15 is 0 Å². The zero-order chi connectivity index (χ0) is 20.1. The average molecular weight is 381 g/mol. The van der Waals surface area contributed by atoms with Crippen LogP contribution in [-0.4, -0.2) is 30.2 Å². The largest absolute Gasteiger partial charge is 0.371 e. The maximum atomic E-state index is 12.7. The van der Waals surface area contributed by atoms with Gasteiger partial charge in [-0.2, -0.15) is 0 Å². The third kappa shape index (κ3) is 4.36. The fourth-order valence-corrected chi connectivity index (χ4v) is 3.50. The number of hydrogen-bond donors (Lipinski definition) is 1. The van der Waals surface area contributed by atoms with Crippen LogP contribution in [0.4, 0.5) is 17.1 Å². The van der Waals surface area contributed by atoms with Gasteiger partial charge in [0.15, 0.2) is 0 Å². The van der Waals surface area contributed by atoms with E-state index in [1.165, 1.54) is 12.1 Å². The normalized spacial score (nSPS) is 14.5. The number of nitro benzene ring substituents is 1. The van der Waals surface area contributed by atoms with Crippen LogP contribution >= 0.6 is 0 Å². The van der Waals surface area contributed by atoms with Crippen molar-refractivity contribution in [3.05, 3.63) is 63.7 Å². The van der Waals surface area contributed by atoms with Gasteiger partial charge in [0, 0.05) is 42.4 Å². The number of anilines is 2. The van der Waals surface area contributed by atoms with Crippen LogP contribution < -0.4 is 10.2 Å². The Morgan fingerprint density at radius 3 is 2.46 bits per heavy atom. The molecule has 1 aliphatic heterocycles. The molecule has 1 fully saturated rings. The fraction of sp³-hybridized carbons (Fsp3) is 0.333. The van der Waals surface area contributed by atoms with E-state index in [4.69, 9.17) is 0 Å². The van der Waals surface area contributed by atoms with Crippen molar-refractivity contribution in [2.45, 2.75) is 26.2 Å². The molecule has 7 nitrogen and oxygen atoms in total. The van der Waals surface area contributed by atoms with Crippen LogP contribution in [-0.2, 0) is 11.2 Å². The SMILES string of the molecule is CCc1ccc([N+](=O)[O-])cc1NC(=O)C1CCN(c2ccc(C=O)cc2)CC1. The number of rotatable bonds is 6. The second-order valence-electron chi connectivity index (χ2n) is 6.91. The summed E-state index contributed by atoms with van der Waals surface area (Å²) >= 11 is 0. The maximum Gasteiger partial charge on any atom is 0.271 e. The minimum absolute atomic E-state index is 0.0268. The number of nitrogens with one attached hydrogen (secondary N) is 1. The van der Waals surface area contributed by atoms with Crippen molar-refractivity contribution < 1.29 is 14.5 Å². The molecule has 2 aromatic carbocycles. The summed E-state index contributed by atoms with van der Waals surface area (Å²) < 4.78 is 0. The van der Waals surface area contributed by atoms with Crippen LogP contribution in [0.3, 0.4) is 0 Å². The van der Waals surface area contributed by atoms with Crippen molar-refractivity contribution in [1.29, 1.82) is 0 Å². The van der Waals surface area contributed by atoms with Gasteiger partial charge >= 0.3 is 0 Å². The van der Waals surface area contributed by atoms with E-state index in [-0.39, 0.29) is 17.5 Å². The molecule has 0 bridgehead atoms. The molecular weight excluding hydrogens is 358 g/mol. The number of non-ortho nitro benzene ring substituents is 1. The first-order chi connectivity index (χ1) is 13.5. The number of carbonyl (C=O) groups excluding carboxylic acids is 2. The molecule has 0 aromatic heterocycles. The van der Waals surface area contributed by atoms with Gasteiger partial charge in [0.1, 0.15) is 6.29 Å².